The van der Waals surface area contributed by atoms with Gasteiger partial charge < -0.3 is 0 Å². The molecule has 0 fully saturated rings. The Hall–Kier alpha value is -2.08. The summed E-state index contributed by atoms with van der Waals surface area (Å²) in [4.78, 5) is 0. The van der Waals surface area contributed by atoms with Crippen molar-refractivity contribution in [1.82, 2.24) is 0 Å². The standard InChI is InChI=1S/C17H16/c1-13-8-10-16(11-9-13)15(3)12-17-7-5-4-6-14(17)2/h4-12H,2-3H2,1H3/b17-12-. The van der Waals surface area contributed by atoms with Crippen molar-refractivity contribution < 1.29 is 0 Å². The van der Waals surface area contributed by atoms with Crippen LogP contribution in [0.4, 0.5) is 0 Å². The van der Waals surface area contributed by atoms with E-state index >= 15 is 0 Å². The van der Waals surface area contributed by atoms with Crippen molar-refractivity contribution in [2.24, 2.45) is 0 Å². The summed E-state index contributed by atoms with van der Waals surface area (Å²) >= 11 is 0. The van der Waals surface area contributed by atoms with Crippen molar-refractivity contribution in [2.75, 3.05) is 0 Å². The summed E-state index contributed by atoms with van der Waals surface area (Å²) < 4.78 is 0. The lowest BCUT2D eigenvalue weighted by Crippen LogP contribution is -2.21. The Morgan fingerprint density at radius 1 is 1.00 bits per heavy atom. The molecule has 0 aliphatic rings. The quantitative estimate of drug-likeness (QED) is 0.730. The molecule has 0 N–H and O–H groups in total. The zero-order valence-electron chi connectivity index (χ0n) is 10.1. The number of rotatable bonds is 2. The Morgan fingerprint density at radius 3 is 2.29 bits per heavy atom. The third-order valence-corrected chi connectivity index (χ3v) is 2.81. The zero-order chi connectivity index (χ0) is 12.3. The first-order valence-corrected chi connectivity index (χ1v) is 5.68. The highest BCUT2D eigenvalue weighted by molar-refractivity contribution is 5.86. The van der Waals surface area contributed by atoms with Crippen LogP contribution in [0.25, 0.3) is 18.2 Å². The van der Waals surface area contributed by atoms with Crippen LogP contribution >= 0.6 is 0 Å². The SMILES string of the molecule is C=C(/C=c1/ccccc1=C)c1ccc(C)cc1. The van der Waals surface area contributed by atoms with Gasteiger partial charge in [-0.05, 0) is 34.6 Å². The van der Waals surface area contributed by atoms with Gasteiger partial charge in [0.25, 0.3) is 0 Å². The predicted molar refractivity (Wildman–Crippen MR) is 75.9 cm³/mol. The minimum absolute atomic E-state index is 1.01. The molecule has 84 valence electrons. The first-order valence-electron chi connectivity index (χ1n) is 5.68. The third-order valence-electron chi connectivity index (χ3n) is 2.81. The first-order chi connectivity index (χ1) is 8.16. The second kappa shape index (κ2) is 4.84. The Balaban J connectivity index is 2.41. The highest BCUT2D eigenvalue weighted by Gasteiger charge is 1.94. The van der Waals surface area contributed by atoms with Crippen LogP contribution in [0.5, 0.6) is 0 Å². The van der Waals surface area contributed by atoms with Crippen LogP contribution in [0.3, 0.4) is 0 Å². The van der Waals surface area contributed by atoms with E-state index in [0.717, 1.165) is 21.6 Å². The molecule has 0 saturated carbocycles. The molecule has 0 heteroatoms. The van der Waals surface area contributed by atoms with Gasteiger partial charge in [0.05, 0.1) is 0 Å². The summed E-state index contributed by atoms with van der Waals surface area (Å²) in [7, 11) is 0. The Labute approximate surface area is 102 Å². The maximum Gasteiger partial charge on any atom is -0.0184 e. The van der Waals surface area contributed by atoms with Gasteiger partial charge in [0, 0.05) is 0 Å². The van der Waals surface area contributed by atoms with E-state index in [1.54, 1.807) is 0 Å². The molecule has 0 bridgehead atoms. The molecule has 0 nitrogen and oxygen atoms in total. The Kier molecular flexibility index (Phi) is 3.24. The second-order valence-electron chi connectivity index (χ2n) is 4.23. The fourth-order valence-electron chi connectivity index (χ4n) is 1.71. The average molecular weight is 220 g/mol. The van der Waals surface area contributed by atoms with Crippen molar-refractivity contribution in [3.8, 4) is 0 Å². The maximum atomic E-state index is 4.11. The molecular weight excluding hydrogens is 204 g/mol. The Bertz CT molecular complexity index is 630. The highest BCUT2D eigenvalue weighted by atomic mass is 14.0. The average Bonchev–Trinajstić information content (AvgIpc) is 2.33. The van der Waals surface area contributed by atoms with Crippen molar-refractivity contribution in [2.45, 2.75) is 6.92 Å². The van der Waals surface area contributed by atoms with Gasteiger partial charge in [-0.25, -0.2) is 0 Å². The molecule has 2 aromatic carbocycles. The van der Waals surface area contributed by atoms with Crippen LogP contribution in [0.1, 0.15) is 11.1 Å². The second-order valence-corrected chi connectivity index (χ2v) is 4.23. The molecule has 0 heterocycles. The molecule has 0 radical (unpaired) electrons. The lowest BCUT2D eigenvalue weighted by Gasteiger charge is -2.01. The lowest BCUT2D eigenvalue weighted by molar-refractivity contribution is 1.46. The number of aryl methyl sites for hydroxylation is 1. The van der Waals surface area contributed by atoms with Crippen LogP contribution in [0.2, 0.25) is 0 Å². The molecular formula is C17H16. The van der Waals surface area contributed by atoms with E-state index in [1.165, 1.54) is 5.56 Å². The summed E-state index contributed by atoms with van der Waals surface area (Å²) in [6, 6.07) is 16.5. The van der Waals surface area contributed by atoms with Crippen LogP contribution < -0.4 is 10.4 Å². The van der Waals surface area contributed by atoms with E-state index in [-0.39, 0.29) is 0 Å². The minimum Gasteiger partial charge on any atom is -0.0912 e. The maximum absolute atomic E-state index is 4.11. The van der Waals surface area contributed by atoms with Gasteiger partial charge in [-0.1, -0.05) is 67.3 Å². The highest BCUT2D eigenvalue weighted by Crippen LogP contribution is 2.13. The van der Waals surface area contributed by atoms with Crippen molar-refractivity contribution in [3.05, 3.63) is 76.7 Å². The lowest BCUT2D eigenvalue weighted by atomic mass is 10.0. The van der Waals surface area contributed by atoms with E-state index < -0.39 is 0 Å². The van der Waals surface area contributed by atoms with Crippen molar-refractivity contribution >= 4 is 18.2 Å². The largest absolute Gasteiger partial charge is 0.0912 e. The van der Waals surface area contributed by atoms with E-state index in [4.69, 9.17) is 0 Å². The van der Waals surface area contributed by atoms with Crippen molar-refractivity contribution in [1.29, 1.82) is 0 Å². The molecule has 2 aromatic rings. The van der Waals surface area contributed by atoms with Gasteiger partial charge in [0.15, 0.2) is 0 Å². The summed E-state index contributed by atoms with van der Waals surface area (Å²) in [6.45, 7) is 10.2. The van der Waals surface area contributed by atoms with E-state index in [2.05, 4.69) is 56.5 Å². The summed E-state index contributed by atoms with van der Waals surface area (Å²) in [5.74, 6) is 0. The molecule has 0 aliphatic carbocycles. The summed E-state index contributed by atoms with van der Waals surface area (Å²) in [6.07, 6.45) is 2.08. The van der Waals surface area contributed by atoms with Gasteiger partial charge in [0.1, 0.15) is 0 Å². The summed E-state index contributed by atoms with van der Waals surface area (Å²) in [5.41, 5.74) is 3.43. The smallest absolute Gasteiger partial charge is 0.0184 e. The molecule has 2 rings (SSSR count). The fraction of sp³-hybridized carbons (Fsp3) is 0.0588. The van der Waals surface area contributed by atoms with Crippen LogP contribution in [-0.4, -0.2) is 0 Å². The van der Waals surface area contributed by atoms with Gasteiger partial charge in [0.2, 0.25) is 0 Å². The Morgan fingerprint density at radius 2 is 1.65 bits per heavy atom. The minimum atomic E-state index is 1.01. The molecule has 0 aromatic heterocycles. The van der Waals surface area contributed by atoms with Gasteiger partial charge in [-0.3, -0.25) is 0 Å². The molecule has 0 saturated heterocycles. The van der Waals surface area contributed by atoms with Gasteiger partial charge in [-0.15, -0.1) is 0 Å². The van der Waals surface area contributed by atoms with Crippen LogP contribution in [-0.2, 0) is 0 Å². The first kappa shape index (κ1) is 11.4. The molecule has 0 aliphatic heterocycles. The molecule has 0 spiro atoms. The number of hydrogen-bond acceptors (Lipinski definition) is 0. The topological polar surface area (TPSA) is 0 Å². The third kappa shape index (κ3) is 2.73. The normalized spacial score (nSPS) is 11.5. The molecule has 0 atom stereocenters. The summed E-state index contributed by atoms with van der Waals surface area (Å²) in [5, 5.41) is 2.15. The van der Waals surface area contributed by atoms with Gasteiger partial charge >= 0.3 is 0 Å². The number of benzene rings is 2. The predicted octanol–water partition coefficient (Wildman–Crippen LogP) is 2.90. The number of allylic oxidation sites excluding steroid dienone is 1. The monoisotopic (exact) mass is 220 g/mol. The molecule has 0 unspecified atom stereocenters. The fourth-order valence-corrected chi connectivity index (χ4v) is 1.71. The van der Waals surface area contributed by atoms with E-state index in [1.807, 2.05) is 18.2 Å². The van der Waals surface area contributed by atoms with Crippen molar-refractivity contribution in [3.63, 3.8) is 0 Å². The van der Waals surface area contributed by atoms with E-state index in [0.29, 0.717) is 0 Å². The van der Waals surface area contributed by atoms with Crippen LogP contribution in [0.15, 0.2) is 55.1 Å². The van der Waals surface area contributed by atoms with E-state index in [9.17, 15) is 0 Å². The van der Waals surface area contributed by atoms with Crippen LogP contribution in [0, 0.1) is 6.92 Å². The molecule has 0 amide bonds. The van der Waals surface area contributed by atoms with Gasteiger partial charge in [-0.2, -0.15) is 0 Å². The zero-order valence-corrected chi connectivity index (χ0v) is 10.1. The molecule has 17 heavy (non-hydrogen) atoms. The number of hydrogen-bond donors (Lipinski definition) is 0.